The number of anilines is 1. The summed E-state index contributed by atoms with van der Waals surface area (Å²) in [5.41, 5.74) is 7.99. The van der Waals surface area contributed by atoms with E-state index in [9.17, 15) is 0 Å². The molecule has 0 saturated heterocycles. The Bertz CT molecular complexity index is 577. The summed E-state index contributed by atoms with van der Waals surface area (Å²) in [4.78, 5) is 4.35. The first kappa shape index (κ1) is 12.9. The van der Waals surface area contributed by atoms with Gasteiger partial charge in [-0.05, 0) is 43.9 Å². The van der Waals surface area contributed by atoms with Crippen LogP contribution in [-0.2, 0) is 0 Å². The van der Waals surface area contributed by atoms with E-state index in [1.54, 1.807) is 6.20 Å². The number of nitrogens with one attached hydrogen (secondary N) is 1. The third-order valence-electron chi connectivity index (χ3n) is 3.76. The van der Waals surface area contributed by atoms with Gasteiger partial charge in [0.2, 0.25) is 0 Å². The molecule has 0 aliphatic heterocycles. The van der Waals surface area contributed by atoms with Crippen molar-refractivity contribution in [2.75, 3.05) is 5.32 Å². The van der Waals surface area contributed by atoms with E-state index >= 15 is 0 Å². The third kappa shape index (κ3) is 2.90. The minimum absolute atomic E-state index is 0.380. The van der Waals surface area contributed by atoms with E-state index in [2.05, 4.69) is 38.4 Å². The lowest BCUT2D eigenvalue weighted by molar-refractivity contribution is 0.411. The fourth-order valence-corrected chi connectivity index (χ4v) is 3.01. The lowest BCUT2D eigenvalue weighted by atomic mass is 9.91. The Morgan fingerprint density at radius 2 is 2.05 bits per heavy atom. The highest BCUT2D eigenvalue weighted by Gasteiger charge is 2.18. The number of benzene rings is 1. The Morgan fingerprint density at radius 1 is 1.26 bits per heavy atom. The van der Waals surface area contributed by atoms with Gasteiger partial charge < -0.3 is 11.1 Å². The van der Waals surface area contributed by atoms with Crippen molar-refractivity contribution in [2.45, 2.75) is 37.8 Å². The molecule has 3 N–H and O–H groups in total. The van der Waals surface area contributed by atoms with Gasteiger partial charge >= 0.3 is 0 Å². The quantitative estimate of drug-likeness (QED) is 0.891. The Morgan fingerprint density at radius 3 is 2.84 bits per heavy atom. The van der Waals surface area contributed by atoms with E-state index in [1.807, 2.05) is 12.1 Å². The molecule has 0 bridgehead atoms. The van der Waals surface area contributed by atoms with Crippen molar-refractivity contribution in [2.24, 2.45) is 5.73 Å². The maximum absolute atomic E-state index is 5.95. The van der Waals surface area contributed by atoms with Crippen molar-refractivity contribution in [1.82, 2.24) is 4.98 Å². The maximum atomic E-state index is 5.95. The number of fused-ring (bicyclic) bond motifs is 1. The van der Waals surface area contributed by atoms with E-state index in [0.29, 0.717) is 12.1 Å². The molecule has 4 heteroatoms. The summed E-state index contributed by atoms with van der Waals surface area (Å²) >= 11 is 3.51. The van der Waals surface area contributed by atoms with Crippen molar-refractivity contribution in [1.29, 1.82) is 0 Å². The number of aromatic nitrogens is 1. The van der Waals surface area contributed by atoms with Crippen LogP contribution in [0.4, 0.5) is 5.69 Å². The predicted molar refractivity (Wildman–Crippen MR) is 82.1 cm³/mol. The van der Waals surface area contributed by atoms with Crippen LogP contribution in [0.25, 0.3) is 10.9 Å². The molecule has 0 atom stereocenters. The molecule has 1 aliphatic carbocycles. The smallest absolute Gasteiger partial charge is 0.0724 e. The Labute approximate surface area is 121 Å². The van der Waals surface area contributed by atoms with Crippen molar-refractivity contribution < 1.29 is 0 Å². The summed E-state index contributed by atoms with van der Waals surface area (Å²) in [7, 11) is 0. The normalized spacial score (nSPS) is 23.5. The second-order valence-electron chi connectivity index (χ2n) is 5.20. The van der Waals surface area contributed by atoms with Gasteiger partial charge in [-0.1, -0.05) is 15.9 Å². The van der Waals surface area contributed by atoms with Gasteiger partial charge in [0.25, 0.3) is 0 Å². The van der Waals surface area contributed by atoms with Crippen molar-refractivity contribution in [3.05, 3.63) is 34.9 Å². The Hall–Kier alpha value is -1.13. The molecule has 1 fully saturated rings. The number of pyridine rings is 1. The largest absolute Gasteiger partial charge is 0.381 e. The molecular weight excluding hydrogens is 302 g/mol. The minimum Gasteiger partial charge on any atom is -0.381 e. The lowest BCUT2D eigenvalue weighted by Gasteiger charge is -2.27. The highest BCUT2D eigenvalue weighted by Crippen LogP contribution is 2.27. The summed E-state index contributed by atoms with van der Waals surface area (Å²) in [6, 6.07) is 10.2. The molecule has 3 nitrogen and oxygen atoms in total. The van der Waals surface area contributed by atoms with Crippen LogP contribution in [0.3, 0.4) is 0 Å². The molecule has 1 saturated carbocycles. The molecular formula is C15H17BrN3. The molecule has 1 aliphatic rings. The monoisotopic (exact) mass is 318 g/mol. The zero-order valence-corrected chi connectivity index (χ0v) is 12.3. The van der Waals surface area contributed by atoms with E-state index in [-0.39, 0.29) is 0 Å². The summed E-state index contributed by atoms with van der Waals surface area (Å²) < 4.78 is 1.06. The van der Waals surface area contributed by atoms with Crippen molar-refractivity contribution >= 4 is 32.5 Å². The van der Waals surface area contributed by atoms with Crippen LogP contribution < -0.4 is 11.1 Å². The molecule has 0 amide bonds. The average molecular weight is 319 g/mol. The van der Waals surface area contributed by atoms with Gasteiger partial charge in [0.1, 0.15) is 0 Å². The number of halogens is 1. The predicted octanol–water partition coefficient (Wildman–Crippen LogP) is 3.48. The molecule has 1 heterocycles. The van der Waals surface area contributed by atoms with Crippen LogP contribution in [0.1, 0.15) is 25.7 Å². The molecule has 3 rings (SSSR count). The van der Waals surface area contributed by atoms with Crippen LogP contribution >= 0.6 is 15.9 Å². The standard InChI is InChI=1S/C15H17BrN3/c16-10-1-6-14-13(9-10)15(7-8-18-14)19-12-4-2-11(17)3-5-12/h1,6,8-9,11-12H,2-5,17H2,(H,18,19)/t11-,12-. The van der Waals surface area contributed by atoms with Crippen molar-refractivity contribution in [3.8, 4) is 0 Å². The first-order valence-electron chi connectivity index (χ1n) is 6.70. The fourth-order valence-electron chi connectivity index (χ4n) is 2.65. The Kier molecular flexibility index (Phi) is 3.71. The molecule has 0 spiro atoms. The fraction of sp³-hybridized carbons (Fsp3) is 0.400. The first-order valence-corrected chi connectivity index (χ1v) is 7.50. The second kappa shape index (κ2) is 5.47. The molecule has 1 radical (unpaired) electrons. The summed E-state index contributed by atoms with van der Waals surface area (Å²) in [6.45, 7) is 0. The van der Waals surface area contributed by atoms with Gasteiger partial charge in [-0.3, -0.25) is 4.98 Å². The Balaban J connectivity index is 1.86. The number of hydrogen-bond acceptors (Lipinski definition) is 3. The highest BCUT2D eigenvalue weighted by atomic mass is 79.9. The van der Waals surface area contributed by atoms with Gasteiger partial charge in [-0.15, -0.1) is 0 Å². The van der Waals surface area contributed by atoms with E-state index in [4.69, 9.17) is 5.73 Å². The van der Waals surface area contributed by atoms with E-state index in [1.165, 1.54) is 0 Å². The van der Waals surface area contributed by atoms with Crippen molar-refractivity contribution in [3.63, 3.8) is 0 Å². The number of nitrogens with zero attached hydrogens (tertiary/aromatic N) is 1. The van der Waals surface area contributed by atoms with Gasteiger partial charge in [0.15, 0.2) is 0 Å². The van der Waals surface area contributed by atoms with Gasteiger partial charge in [0, 0.05) is 34.2 Å². The maximum Gasteiger partial charge on any atom is 0.0724 e. The number of nitrogens with two attached hydrogens (primary N) is 1. The van der Waals surface area contributed by atoms with Crippen LogP contribution in [0.2, 0.25) is 0 Å². The summed E-state index contributed by atoms with van der Waals surface area (Å²) in [6.07, 6.45) is 6.21. The SMILES string of the molecule is N[C@H]1CC[C@H](Nc2[c]cnc3ccc(Br)cc23)CC1. The zero-order chi connectivity index (χ0) is 13.2. The second-order valence-corrected chi connectivity index (χ2v) is 6.11. The van der Waals surface area contributed by atoms with Gasteiger partial charge in [-0.25, -0.2) is 0 Å². The van der Waals surface area contributed by atoms with Crippen LogP contribution in [0, 0.1) is 6.07 Å². The zero-order valence-electron chi connectivity index (χ0n) is 10.7. The van der Waals surface area contributed by atoms with Gasteiger partial charge in [0.05, 0.1) is 11.2 Å². The summed E-state index contributed by atoms with van der Waals surface area (Å²) in [5, 5.41) is 4.72. The van der Waals surface area contributed by atoms with Crippen LogP contribution in [-0.4, -0.2) is 17.1 Å². The van der Waals surface area contributed by atoms with E-state index < -0.39 is 0 Å². The first-order chi connectivity index (χ1) is 9.22. The number of rotatable bonds is 2. The minimum atomic E-state index is 0.380. The molecule has 19 heavy (non-hydrogen) atoms. The van der Waals surface area contributed by atoms with E-state index in [0.717, 1.165) is 46.7 Å². The third-order valence-corrected chi connectivity index (χ3v) is 4.25. The highest BCUT2D eigenvalue weighted by molar-refractivity contribution is 9.10. The molecule has 1 aromatic carbocycles. The topological polar surface area (TPSA) is 50.9 Å². The lowest BCUT2D eigenvalue weighted by Crippen LogP contribution is -2.32. The van der Waals surface area contributed by atoms with Crippen LogP contribution in [0.15, 0.2) is 28.9 Å². The molecule has 2 aromatic rings. The summed E-state index contributed by atoms with van der Waals surface area (Å²) in [5.74, 6) is 0. The van der Waals surface area contributed by atoms with Crippen LogP contribution in [0.5, 0.6) is 0 Å². The van der Waals surface area contributed by atoms with Gasteiger partial charge in [-0.2, -0.15) is 0 Å². The molecule has 99 valence electrons. The molecule has 1 aromatic heterocycles. The molecule has 0 unspecified atom stereocenters. The average Bonchev–Trinajstić information content (AvgIpc) is 2.42. The number of hydrogen-bond donors (Lipinski definition) is 2.